The zero-order chi connectivity index (χ0) is 21.8. The zero-order valence-corrected chi connectivity index (χ0v) is 18.5. The second-order valence-electron chi connectivity index (χ2n) is 6.95. The van der Waals surface area contributed by atoms with Crippen LogP contribution in [0.1, 0.15) is 49.0 Å². The van der Waals surface area contributed by atoms with E-state index in [1.54, 1.807) is 31.7 Å². The molecule has 0 unspecified atom stereocenters. The third kappa shape index (κ3) is 4.32. The molecule has 0 aromatic heterocycles. The minimum atomic E-state index is -1.43. The van der Waals surface area contributed by atoms with Gasteiger partial charge < -0.3 is 9.47 Å². The number of fused-ring (bicyclic) bond motifs is 1. The molecule has 0 spiro atoms. The van der Waals surface area contributed by atoms with Crippen molar-refractivity contribution in [1.82, 2.24) is 0 Å². The van der Waals surface area contributed by atoms with E-state index >= 15 is 0 Å². The van der Waals surface area contributed by atoms with E-state index in [1.807, 2.05) is 6.07 Å². The Morgan fingerprint density at radius 2 is 1.73 bits per heavy atom. The van der Waals surface area contributed by atoms with Crippen molar-refractivity contribution in [1.29, 1.82) is 0 Å². The van der Waals surface area contributed by atoms with Crippen LogP contribution in [0.2, 0.25) is 5.02 Å². The Labute approximate surface area is 184 Å². The largest absolute Gasteiger partial charge is 0.465 e. The molecule has 0 amide bonds. The Bertz CT molecular complexity index is 918. The van der Waals surface area contributed by atoms with Gasteiger partial charge in [0.15, 0.2) is 17.5 Å². The fourth-order valence-corrected chi connectivity index (χ4v) is 5.28. The van der Waals surface area contributed by atoms with E-state index in [0.717, 1.165) is 22.6 Å². The Morgan fingerprint density at radius 1 is 1.07 bits per heavy atom. The van der Waals surface area contributed by atoms with Gasteiger partial charge in [-0.05, 0) is 56.4 Å². The van der Waals surface area contributed by atoms with Crippen molar-refractivity contribution < 1.29 is 28.7 Å². The van der Waals surface area contributed by atoms with Gasteiger partial charge >= 0.3 is 11.9 Å². The molecule has 0 fully saturated rings. The number of benzene rings is 1. The highest BCUT2D eigenvalue weighted by molar-refractivity contribution is 7.99. The molecule has 1 aliphatic carbocycles. The van der Waals surface area contributed by atoms with Crippen molar-refractivity contribution in [2.24, 2.45) is 5.92 Å². The molecule has 8 heteroatoms. The molecule has 3 rings (SSSR count). The fourth-order valence-electron chi connectivity index (χ4n) is 3.81. The van der Waals surface area contributed by atoms with Crippen LogP contribution in [0.25, 0.3) is 0 Å². The van der Waals surface area contributed by atoms with Crippen molar-refractivity contribution in [2.75, 3.05) is 19.0 Å². The van der Waals surface area contributed by atoms with Gasteiger partial charge in [-0.2, -0.15) is 0 Å². The van der Waals surface area contributed by atoms with Crippen molar-refractivity contribution in [3.63, 3.8) is 0 Å². The van der Waals surface area contributed by atoms with Gasteiger partial charge in [0.1, 0.15) is 0 Å². The maximum Gasteiger partial charge on any atom is 0.324 e. The molecule has 1 aromatic carbocycles. The molecule has 0 bridgehead atoms. The van der Waals surface area contributed by atoms with Crippen molar-refractivity contribution in [3.8, 4) is 0 Å². The van der Waals surface area contributed by atoms with E-state index < -0.39 is 29.4 Å². The summed E-state index contributed by atoms with van der Waals surface area (Å²) >= 11 is 8.18. The highest BCUT2D eigenvalue weighted by Gasteiger charge is 2.40. The monoisotopic (exact) mass is 450 g/mol. The standard InChI is InChI=1S/C22H23ClO6S/c1-3-28-21(26)18(22(27)29-4-2)13-6-5-7-15(24)17(13)20(25)14-8-9-16-12(19(14)23)10-11-30-16/h8-9,18H,3-7,10-11H2,1-2H3. The van der Waals surface area contributed by atoms with Gasteiger partial charge in [-0.15, -0.1) is 11.8 Å². The summed E-state index contributed by atoms with van der Waals surface area (Å²) in [5.74, 6) is -3.14. The minimum Gasteiger partial charge on any atom is -0.465 e. The Hall–Kier alpha value is -2.12. The topological polar surface area (TPSA) is 86.7 Å². The van der Waals surface area contributed by atoms with Crippen LogP contribution in [-0.4, -0.2) is 42.5 Å². The molecule has 30 heavy (non-hydrogen) atoms. The van der Waals surface area contributed by atoms with E-state index in [1.165, 1.54) is 0 Å². The van der Waals surface area contributed by atoms with Crippen LogP contribution in [0.5, 0.6) is 0 Å². The first kappa shape index (κ1) is 22.6. The van der Waals surface area contributed by atoms with Crippen molar-refractivity contribution in [2.45, 2.75) is 44.4 Å². The Kier molecular flexibility index (Phi) is 7.36. The number of ether oxygens (including phenoxy) is 2. The maximum absolute atomic E-state index is 13.4. The molecule has 0 saturated heterocycles. The van der Waals surface area contributed by atoms with Crippen molar-refractivity contribution >= 4 is 46.9 Å². The highest BCUT2D eigenvalue weighted by atomic mass is 35.5. The van der Waals surface area contributed by atoms with Gasteiger partial charge in [0.2, 0.25) is 0 Å². The summed E-state index contributed by atoms with van der Waals surface area (Å²) in [6, 6.07) is 3.44. The quantitative estimate of drug-likeness (QED) is 0.269. The molecule has 2 aliphatic rings. The van der Waals surface area contributed by atoms with Gasteiger partial charge in [-0.3, -0.25) is 19.2 Å². The Balaban J connectivity index is 2.12. The SMILES string of the molecule is CCOC(=O)C(C(=O)OCC)C1=C(C(=O)c2ccc3c(c2Cl)CCS3)C(=O)CCC1. The normalized spacial score (nSPS) is 15.9. The Morgan fingerprint density at radius 3 is 2.37 bits per heavy atom. The number of Topliss-reactive ketones (excluding diaryl/α,β-unsaturated/α-hetero) is 2. The van der Waals surface area contributed by atoms with Crippen LogP contribution in [0, 0.1) is 5.92 Å². The number of ketones is 2. The van der Waals surface area contributed by atoms with Gasteiger partial charge in [-0.1, -0.05) is 11.6 Å². The second kappa shape index (κ2) is 9.79. The summed E-state index contributed by atoms with van der Waals surface area (Å²) in [6.45, 7) is 3.37. The number of rotatable bonds is 7. The highest BCUT2D eigenvalue weighted by Crippen LogP contribution is 2.39. The van der Waals surface area contributed by atoms with Crippen LogP contribution < -0.4 is 0 Å². The maximum atomic E-state index is 13.4. The number of hydrogen-bond donors (Lipinski definition) is 0. The first-order valence-electron chi connectivity index (χ1n) is 9.99. The lowest BCUT2D eigenvalue weighted by Gasteiger charge is -2.24. The summed E-state index contributed by atoms with van der Waals surface area (Å²) in [5, 5.41) is 0.330. The lowest BCUT2D eigenvalue weighted by atomic mass is 9.80. The molecule has 1 aromatic rings. The van der Waals surface area contributed by atoms with Crippen molar-refractivity contribution in [3.05, 3.63) is 39.4 Å². The predicted octanol–water partition coefficient (Wildman–Crippen LogP) is 3.96. The van der Waals surface area contributed by atoms with E-state index in [9.17, 15) is 19.2 Å². The number of carbonyl (C=O) groups is 4. The number of esters is 2. The summed E-state index contributed by atoms with van der Waals surface area (Å²) in [6.07, 6.45) is 1.61. The summed E-state index contributed by atoms with van der Waals surface area (Å²) in [5.41, 5.74) is 1.14. The molecular weight excluding hydrogens is 428 g/mol. The number of hydrogen-bond acceptors (Lipinski definition) is 7. The smallest absolute Gasteiger partial charge is 0.324 e. The second-order valence-corrected chi connectivity index (χ2v) is 8.46. The van der Waals surface area contributed by atoms with E-state index in [0.29, 0.717) is 11.4 Å². The molecule has 0 radical (unpaired) electrons. The molecular formula is C22H23ClO6S. The van der Waals surface area contributed by atoms with Gasteiger partial charge in [0.25, 0.3) is 0 Å². The van der Waals surface area contributed by atoms with Crippen LogP contribution in [0.3, 0.4) is 0 Å². The van der Waals surface area contributed by atoms with Gasteiger partial charge in [0, 0.05) is 22.6 Å². The molecule has 0 atom stereocenters. The number of thioether (sulfide) groups is 1. The first-order valence-corrected chi connectivity index (χ1v) is 11.3. The van der Waals surface area contributed by atoms with E-state index in [2.05, 4.69) is 0 Å². The van der Waals surface area contributed by atoms with E-state index in [4.69, 9.17) is 21.1 Å². The molecule has 160 valence electrons. The third-order valence-electron chi connectivity index (χ3n) is 5.12. The molecule has 0 saturated carbocycles. The first-order chi connectivity index (χ1) is 14.4. The van der Waals surface area contributed by atoms with Crippen LogP contribution in [0.4, 0.5) is 0 Å². The predicted molar refractivity (Wildman–Crippen MR) is 113 cm³/mol. The summed E-state index contributed by atoms with van der Waals surface area (Å²) in [7, 11) is 0. The van der Waals surface area contributed by atoms with E-state index in [-0.39, 0.29) is 42.8 Å². The average molecular weight is 451 g/mol. The van der Waals surface area contributed by atoms with Gasteiger partial charge in [0.05, 0.1) is 23.8 Å². The molecule has 6 nitrogen and oxygen atoms in total. The minimum absolute atomic E-state index is 0.0631. The fraction of sp³-hybridized carbons (Fsp3) is 0.455. The van der Waals surface area contributed by atoms with Crippen LogP contribution >= 0.6 is 23.4 Å². The number of carbonyl (C=O) groups excluding carboxylic acids is 4. The van der Waals surface area contributed by atoms with Crippen LogP contribution in [0.15, 0.2) is 28.2 Å². The van der Waals surface area contributed by atoms with Gasteiger partial charge in [-0.25, -0.2) is 0 Å². The number of halogens is 1. The molecule has 1 heterocycles. The number of allylic oxidation sites excluding steroid dienone is 1. The summed E-state index contributed by atoms with van der Waals surface area (Å²) in [4.78, 5) is 52.4. The third-order valence-corrected chi connectivity index (χ3v) is 6.66. The molecule has 0 N–H and O–H groups in total. The lowest BCUT2D eigenvalue weighted by Crippen LogP contribution is -2.34. The average Bonchev–Trinajstić information content (AvgIpc) is 3.18. The summed E-state index contributed by atoms with van der Waals surface area (Å²) < 4.78 is 10.1. The molecule has 1 aliphatic heterocycles. The zero-order valence-electron chi connectivity index (χ0n) is 16.9. The lowest BCUT2D eigenvalue weighted by molar-refractivity contribution is -0.159. The van der Waals surface area contributed by atoms with Crippen LogP contribution in [-0.2, 0) is 30.3 Å².